The molecule has 1 unspecified atom stereocenters. The molecule has 7 rings (SSSR count). The molecule has 6 aliphatic rings. The average molecular weight is 552 g/mol. The third kappa shape index (κ3) is 3.98. The molecule has 1 aromatic rings. The summed E-state index contributed by atoms with van der Waals surface area (Å²) in [6.45, 7) is 17.7. The SMILES string of the molecule is CC1(C)CN(C2CC(N3C(=O)C4(CCN(C5COC5)CC4)c4ccc(B5OC(C)(C)C(C)(C)O5)cc43)C2)CC1O. The Morgan fingerprint density at radius 3 is 2.10 bits per heavy atom. The van der Waals surface area contributed by atoms with Gasteiger partial charge < -0.3 is 24.1 Å². The topological polar surface area (TPSA) is 74.7 Å². The standard InChI is InChI=1S/C31H46BN3O5/c1-28(2)19-34(16-26(28)36)21-14-22(15-21)35-25-13-20(32-39-29(3,4)30(5,6)40-32)7-8-24(25)31(27(35)37)9-11-33(12-10-31)23-17-38-18-23/h7-8,13,21-23,26,36H,9-12,14-19H2,1-6H3. The third-order valence-electron chi connectivity index (χ3n) is 11.6. The highest BCUT2D eigenvalue weighted by atomic mass is 16.7. The zero-order chi connectivity index (χ0) is 28.2. The molecule has 1 atom stereocenters. The molecule has 5 fully saturated rings. The number of β-amino-alcohol motifs (C(OH)–C–C–N with tert-alkyl or cyclic N) is 1. The van der Waals surface area contributed by atoms with Gasteiger partial charge in [-0.15, -0.1) is 0 Å². The van der Waals surface area contributed by atoms with Crippen molar-refractivity contribution in [2.75, 3.05) is 44.3 Å². The number of aliphatic hydroxyl groups is 1. The molecule has 4 saturated heterocycles. The molecule has 0 aromatic heterocycles. The van der Waals surface area contributed by atoms with Gasteiger partial charge in [0.15, 0.2) is 0 Å². The molecule has 1 saturated carbocycles. The minimum atomic E-state index is -0.457. The van der Waals surface area contributed by atoms with E-state index >= 15 is 0 Å². The Hall–Kier alpha value is -1.49. The zero-order valence-corrected chi connectivity index (χ0v) is 25.1. The van der Waals surface area contributed by atoms with Crippen LogP contribution in [0.25, 0.3) is 0 Å². The van der Waals surface area contributed by atoms with E-state index in [4.69, 9.17) is 14.0 Å². The number of carbonyl (C=O) groups is 1. The second-order valence-corrected chi connectivity index (χ2v) is 15.1. The van der Waals surface area contributed by atoms with Crippen molar-refractivity contribution < 1.29 is 23.9 Å². The van der Waals surface area contributed by atoms with Gasteiger partial charge in [-0.3, -0.25) is 14.6 Å². The maximum absolute atomic E-state index is 14.5. The molecular weight excluding hydrogens is 505 g/mol. The molecule has 1 N–H and O–H groups in total. The highest BCUT2D eigenvalue weighted by Gasteiger charge is 2.58. The summed E-state index contributed by atoms with van der Waals surface area (Å²) in [6, 6.07) is 7.62. The summed E-state index contributed by atoms with van der Waals surface area (Å²) in [6.07, 6.45) is 3.32. The molecule has 9 heteroatoms. The molecule has 8 nitrogen and oxygen atoms in total. The first kappa shape index (κ1) is 27.4. The fraction of sp³-hybridized carbons (Fsp3) is 0.774. The van der Waals surface area contributed by atoms with Crippen molar-refractivity contribution in [2.24, 2.45) is 5.41 Å². The lowest BCUT2D eigenvalue weighted by Crippen LogP contribution is -2.59. The maximum atomic E-state index is 14.5. The molecule has 5 aliphatic heterocycles. The van der Waals surface area contributed by atoms with Crippen molar-refractivity contribution in [2.45, 2.75) is 108 Å². The Morgan fingerprint density at radius 2 is 1.55 bits per heavy atom. The number of amides is 1. The number of benzene rings is 1. The Bertz CT molecular complexity index is 1170. The number of likely N-dealkylation sites (tertiary alicyclic amines) is 2. The first-order chi connectivity index (χ1) is 18.8. The molecule has 1 aromatic carbocycles. The lowest BCUT2D eigenvalue weighted by Gasteiger charge is -2.47. The second-order valence-electron chi connectivity index (χ2n) is 15.1. The maximum Gasteiger partial charge on any atom is 0.494 e. The Kier molecular flexibility index (Phi) is 6.16. The zero-order valence-electron chi connectivity index (χ0n) is 25.1. The summed E-state index contributed by atoms with van der Waals surface area (Å²) in [5.74, 6) is 0.281. The normalized spacial score (nSPS) is 34.8. The van der Waals surface area contributed by atoms with Crippen LogP contribution in [0.2, 0.25) is 0 Å². The van der Waals surface area contributed by atoms with E-state index in [0.29, 0.717) is 12.1 Å². The van der Waals surface area contributed by atoms with E-state index in [-0.39, 0.29) is 23.5 Å². The predicted molar refractivity (Wildman–Crippen MR) is 155 cm³/mol. The number of piperidine rings is 1. The van der Waals surface area contributed by atoms with Crippen molar-refractivity contribution >= 4 is 24.2 Å². The van der Waals surface area contributed by atoms with Crippen LogP contribution < -0.4 is 10.4 Å². The summed E-state index contributed by atoms with van der Waals surface area (Å²) in [4.78, 5) is 21.6. The van der Waals surface area contributed by atoms with Gasteiger partial charge in [-0.1, -0.05) is 26.0 Å². The van der Waals surface area contributed by atoms with Gasteiger partial charge in [-0.25, -0.2) is 0 Å². The number of nitrogens with zero attached hydrogens (tertiary/aromatic N) is 3. The fourth-order valence-electron chi connectivity index (χ4n) is 7.79. The van der Waals surface area contributed by atoms with Crippen LogP contribution in [0.1, 0.15) is 72.8 Å². The highest BCUT2D eigenvalue weighted by molar-refractivity contribution is 6.62. The van der Waals surface area contributed by atoms with Crippen LogP contribution in [-0.2, 0) is 24.3 Å². The van der Waals surface area contributed by atoms with Crippen LogP contribution in [0.4, 0.5) is 5.69 Å². The monoisotopic (exact) mass is 551 g/mol. The Labute approximate surface area is 239 Å². The van der Waals surface area contributed by atoms with Gasteiger partial charge in [0.1, 0.15) is 0 Å². The first-order valence-electron chi connectivity index (χ1n) is 15.4. The van der Waals surface area contributed by atoms with Gasteiger partial charge in [0, 0.05) is 36.3 Å². The van der Waals surface area contributed by atoms with Crippen LogP contribution in [0.3, 0.4) is 0 Å². The molecular formula is C31H46BN3O5. The van der Waals surface area contributed by atoms with Crippen molar-refractivity contribution in [3.8, 4) is 0 Å². The number of hydrogen-bond donors (Lipinski definition) is 1. The quantitative estimate of drug-likeness (QED) is 0.576. The van der Waals surface area contributed by atoms with Crippen LogP contribution in [0.15, 0.2) is 18.2 Å². The molecule has 1 spiro atoms. The lowest BCUT2D eigenvalue weighted by molar-refractivity contribution is -0.128. The number of anilines is 1. The molecule has 218 valence electrons. The largest absolute Gasteiger partial charge is 0.494 e. The van der Waals surface area contributed by atoms with Crippen molar-refractivity contribution in [3.63, 3.8) is 0 Å². The van der Waals surface area contributed by atoms with E-state index in [1.165, 1.54) is 5.56 Å². The van der Waals surface area contributed by atoms with Gasteiger partial charge in [-0.05, 0) is 83.6 Å². The number of rotatable bonds is 4. The first-order valence-corrected chi connectivity index (χ1v) is 15.4. The molecule has 0 bridgehead atoms. The van der Waals surface area contributed by atoms with Crippen LogP contribution in [-0.4, -0.2) is 103 Å². The van der Waals surface area contributed by atoms with E-state index in [9.17, 15) is 9.90 Å². The third-order valence-corrected chi connectivity index (χ3v) is 11.6. The highest BCUT2D eigenvalue weighted by Crippen LogP contribution is 2.51. The van der Waals surface area contributed by atoms with Gasteiger partial charge in [0.05, 0.1) is 42.0 Å². The number of fused-ring (bicyclic) bond motifs is 2. The predicted octanol–water partition coefficient (Wildman–Crippen LogP) is 2.30. The van der Waals surface area contributed by atoms with Gasteiger partial charge in [-0.2, -0.15) is 0 Å². The van der Waals surface area contributed by atoms with E-state index in [2.05, 4.69) is 74.4 Å². The van der Waals surface area contributed by atoms with E-state index in [1.807, 2.05) is 0 Å². The van der Waals surface area contributed by atoms with Gasteiger partial charge in [0.25, 0.3) is 0 Å². The molecule has 1 amide bonds. The van der Waals surface area contributed by atoms with E-state index in [0.717, 1.165) is 76.2 Å². The molecule has 0 radical (unpaired) electrons. The van der Waals surface area contributed by atoms with Crippen LogP contribution >= 0.6 is 0 Å². The fourth-order valence-corrected chi connectivity index (χ4v) is 7.79. The minimum Gasteiger partial charge on any atom is -0.399 e. The summed E-state index contributed by atoms with van der Waals surface area (Å²) >= 11 is 0. The summed E-state index contributed by atoms with van der Waals surface area (Å²) in [7, 11) is -0.452. The molecule has 40 heavy (non-hydrogen) atoms. The van der Waals surface area contributed by atoms with Crippen LogP contribution in [0, 0.1) is 5.41 Å². The average Bonchev–Trinajstić information content (AvgIpc) is 3.31. The number of aliphatic hydroxyl groups excluding tert-OH is 1. The van der Waals surface area contributed by atoms with E-state index < -0.39 is 23.7 Å². The smallest absolute Gasteiger partial charge is 0.399 e. The lowest BCUT2D eigenvalue weighted by atomic mass is 9.71. The van der Waals surface area contributed by atoms with Crippen molar-refractivity contribution in [1.29, 1.82) is 0 Å². The molecule has 1 aliphatic carbocycles. The Morgan fingerprint density at radius 1 is 0.900 bits per heavy atom. The number of carbonyl (C=O) groups excluding carboxylic acids is 1. The van der Waals surface area contributed by atoms with Gasteiger partial charge in [0.2, 0.25) is 5.91 Å². The second kappa shape index (κ2) is 9.01. The minimum absolute atomic E-state index is 0.0810. The summed E-state index contributed by atoms with van der Waals surface area (Å²) < 4.78 is 18.3. The number of ether oxygens (including phenoxy) is 1. The number of hydrogen-bond acceptors (Lipinski definition) is 7. The van der Waals surface area contributed by atoms with Gasteiger partial charge >= 0.3 is 7.12 Å². The summed E-state index contributed by atoms with van der Waals surface area (Å²) in [5, 5.41) is 10.6. The molecule has 5 heterocycles. The van der Waals surface area contributed by atoms with E-state index in [1.54, 1.807) is 0 Å². The summed E-state index contributed by atoms with van der Waals surface area (Å²) in [5.41, 5.74) is 1.86. The van der Waals surface area contributed by atoms with Crippen molar-refractivity contribution in [1.82, 2.24) is 9.80 Å². The van der Waals surface area contributed by atoms with Crippen LogP contribution in [0.5, 0.6) is 0 Å². The van der Waals surface area contributed by atoms with Crippen molar-refractivity contribution in [3.05, 3.63) is 23.8 Å². The Balaban J connectivity index is 1.17.